The Labute approximate surface area is 145 Å². The second kappa shape index (κ2) is 5.18. The van der Waals surface area contributed by atoms with Crippen LogP contribution >= 0.6 is 0 Å². The van der Waals surface area contributed by atoms with Gasteiger partial charge in [0.1, 0.15) is 11.7 Å². The zero-order valence-electron chi connectivity index (χ0n) is 14.6. The smallest absolute Gasteiger partial charge is 0.271 e. The van der Waals surface area contributed by atoms with E-state index in [2.05, 4.69) is 43.2 Å². The Morgan fingerprint density at radius 3 is 2.60 bits per heavy atom. The van der Waals surface area contributed by atoms with E-state index in [0.29, 0.717) is 18.7 Å². The van der Waals surface area contributed by atoms with Crippen molar-refractivity contribution >= 4 is 28.6 Å². The summed E-state index contributed by atoms with van der Waals surface area (Å²) < 4.78 is 0. The normalized spacial score (nSPS) is 21.0. The summed E-state index contributed by atoms with van der Waals surface area (Å²) in [7, 11) is 0. The summed E-state index contributed by atoms with van der Waals surface area (Å²) in [5.41, 5.74) is 3.66. The number of amides is 3. The Morgan fingerprint density at radius 1 is 1.16 bits per heavy atom. The molecule has 4 rings (SSSR count). The highest BCUT2D eigenvalue weighted by Gasteiger charge is 2.40. The molecule has 1 fully saturated rings. The van der Waals surface area contributed by atoms with Gasteiger partial charge in [-0.25, -0.2) is 0 Å². The summed E-state index contributed by atoms with van der Waals surface area (Å²) in [6.45, 7) is 6.86. The molecule has 1 unspecified atom stereocenters. The van der Waals surface area contributed by atoms with Gasteiger partial charge in [-0.1, -0.05) is 26.8 Å². The third kappa shape index (κ3) is 2.44. The van der Waals surface area contributed by atoms with E-state index in [-0.39, 0.29) is 29.6 Å². The number of imide groups is 1. The first kappa shape index (κ1) is 15.9. The van der Waals surface area contributed by atoms with Gasteiger partial charge in [-0.15, -0.1) is 0 Å². The standard InChI is InChI=1S/C19H21N3O3/c1-19(2,3)10-4-5-13-11(8-10)12-9-22(18(25)16(12)20-13)14-6-7-15(23)21-17(14)24/h4-5,8,14,20H,6-7,9H2,1-3H3,(H,21,23,24). The molecule has 0 bridgehead atoms. The molecule has 25 heavy (non-hydrogen) atoms. The number of hydrogen-bond acceptors (Lipinski definition) is 3. The van der Waals surface area contributed by atoms with Gasteiger partial charge in [0.15, 0.2) is 0 Å². The van der Waals surface area contributed by atoms with Crippen molar-refractivity contribution in [2.45, 2.75) is 51.6 Å². The van der Waals surface area contributed by atoms with Crippen molar-refractivity contribution in [1.29, 1.82) is 0 Å². The number of carbonyl (C=O) groups is 3. The fourth-order valence-electron chi connectivity index (χ4n) is 3.68. The number of fused-ring (bicyclic) bond motifs is 3. The topological polar surface area (TPSA) is 82.3 Å². The summed E-state index contributed by atoms with van der Waals surface area (Å²) in [4.78, 5) is 41.1. The number of benzene rings is 1. The quantitative estimate of drug-likeness (QED) is 0.782. The second-order valence-corrected chi connectivity index (χ2v) is 7.89. The van der Waals surface area contributed by atoms with Gasteiger partial charge in [0.05, 0.1) is 0 Å². The maximum atomic E-state index is 12.8. The number of aromatic nitrogens is 1. The number of H-pyrrole nitrogens is 1. The summed E-state index contributed by atoms with van der Waals surface area (Å²) in [5.74, 6) is -0.820. The van der Waals surface area contributed by atoms with Crippen molar-refractivity contribution < 1.29 is 14.4 Å². The minimum absolute atomic E-state index is 0.0181. The van der Waals surface area contributed by atoms with Crippen molar-refractivity contribution in [3.05, 3.63) is 35.0 Å². The lowest BCUT2D eigenvalue weighted by Crippen LogP contribution is -2.52. The predicted octanol–water partition coefficient (Wildman–Crippen LogP) is 2.23. The molecule has 1 saturated heterocycles. The minimum Gasteiger partial charge on any atom is -0.350 e. The number of carbonyl (C=O) groups excluding carboxylic acids is 3. The van der Waals surface area contributed by atoms with Crippen LogP contribution in [-0.2, 0) is 21.5 Å². The van der Waals surface area contributed by atoms with E-state index >= 15 is 0 Å². The molecule has 3 amide bonds. The van der Waals surface area contributed by atoms with Crippen molar-refractivity contribution in [3.8, 4) is 0 Å². The van der Waals surface area contributed by atoms with E-state index in [9.17, 15) is 14.4 Å². The molecule has 1 atom stereocenters. The highest BCUT2D eigenvalue weighted by Crippen LogP contribution is 2.35. The first-order valence-corrected chi connectivity index (χ1v) is 8.55. The molecular weight excluding hydrogens is 318 g/mol. The number of nitrogens with zero attached hydrogens (tertiary/aromatic N) is 1. The van der Waals surface area contributed by atoms with Crippen LogP contribution in [0.4, 0.5) is 0 Å². The lowest BCUT2D eigenvalue weighted by atomic mass is 9.86. The molecule has 2 aliphatic heterocycles. The molecule has 0 aliphatic carbocycles. The Hall–Kier alpha value is -2.63. The van der Waals surface area contributed by atoms with E-state index in [1.54, 1.807) is 4.90 Å². The fraction of sp³-hybridized carbons (Fsp3) is 0.421. The summed E-state index contributed by atoms with van der Waals surface area (Å²) >= 11 is 0. The van der Waals surface area contributed by atoms with Gasteiger partial charge in [-0.2, -0.15) is 0 Å². The van der Waals surface area contributed by atoms with Crippen LogP contribution in [0, 0.1) is 0 Å². The fourth-order valence-corrected chi connectivity index (χ4v) is 3.68. The van der Waals surface area contributed by atoms with Gasteiger partial charge in [0.2, 0.25) is 11.8 Å². The predicted molar refractivity (Wildman–Crippen MR) is 93.0 cm³/mol. The highest BCUT2D eigenvalue weighted by molar-refractivity contribution is 6.07. The number of piperidine rings is 1. The molecule has 3 heterocycles. The average Bonchev–Trinajstić information content (AvgIpc) is 3.03. The lowest BCUT2D eigenvalue weighted by Gasteiger charge is -2.29. The largest absolute Gasteiger partial charge is 0.350 e. The Bertz CT molecular complexity index is 920. The van der Waals surface area contributed by atoms with E-state index in [1.165, 1.54) is 5.56 Å². The first-order chi connectivity index (χ1) is 11.8. The van der Waals surface area contributed by atoms with Crippen LogP contribution in [0.2, 0.25) is 0 Å². The Morgan fingerprint density at radius 2 is 1.92 bits per heavy atom. The van der Waals surface area contributed by atoms with Gasteiger partial charge in [-0.3, -0.25) is 19.7 Å². The van der Waals surface area contributed by atoms with E-state index in [4.69, 9.17) is 0 Å². The second-order valence-electron chi connectivity index (χ2n) is 7.89. The maximum absolute atomic E-state index is 12.8. The van der Waals surface area contributed by atoms with Crippen LogP contribution in [0.15, 0.2) is 18.2 Å². The number of rotatable bonds is 1. The van der Waals surface area contributed by atoms with Gasteiger partial charge in [0.25, 0.3) is 5.91 Å². The zero-order valence-corrected chi connectivity index (χ0v) is 14.6. The van der Waals surface area contributed by atoms with Crippen molar-refractivity contribution in [2.75, 3.05) is 0 Å². The molecule has 0 spiro atoms. The van der Waals surface area contributed by atoms with Crippen LogP contribution in [0.3, 0.4) is 0 Å². The molecule has 2 N–H and O–H groups in total. The molecule has 2 aliphatic rings. The summed E-state index contributed by atoms with van der Waals surface area (Å²) in [6.07, 6.45) is 0.648. The van der Waals surface area contributed by atoms with Crippen LogP contribution in [-0.4, -0.2) is 33.6 Å². The molecule has 0 radical (unpaired) electrons. The van der Waals surface area contributed by atoms with Crippen molar-refractivity contribution in [2.24, 2.45) is 0 Å². The molecule has 6 heteroatoms. The number of hydrogen-bond donors (Lipinski definition) is 2. The SMILES string of the molecule is CC(C)(C)c1ccc2[nH]c3c(c2c1)CN(C1CCC(=O)NC1=O)C3=O. The Kier molecular flexibility index (Phi) is 3.29. The maximum Gasteiger partial charge on any atom is 0.271 e. The van der Waals surface area contributed by atoms with Gasteiger partial charge in [0, 0.05) is 29.4 Å². The van der Waals surface area contributed by atoms with Crippen LogP contribution in [0.1, 0.15) is 55.2 Å². The summed E-state index contributed by atoms with van der Waals surface area (Å²) in [6, 6.07) is 5.65. The average molecular weight is 339 g/mol. The minimum atomic E-state index is -0.577. The molecule has 1 aromatic heterocycles. The van der Waals surface area contributed by atoms with Gasteiger partial charge >= 0.3 is 0 Å². The molecule has 130 valence electrons. The summed E-state index contributed by atoms with van der Waals surface area (Å²) in [5, 5.41) is 3.36. The Balaban J connectivity index is 1.72. The lowest BCUT2D eigenvalue weighted by molar-refractivity contribution is -0.136. The van der Waals surface area contributed by atoms with Crippen molar-refractivity contribution in [3.63, 3.8) is 0 Å². The highest BCUT2D eigenvalue weighted by atomic mass is 16.2. The van der Waals surface area contributed by atoms with Crippen LogP contribution in [0.25, 0.3) is 10.9 Å². The first-order valence-electron chi connectivity index (χ1n) is 8.55. The molecule has 6 nitrogen and oxygen atoms in total. The molecule has 2 aromatic rings. The molecule has 0 saturated carbocycles. The monoisotopic (exact) mass is 339 g/mol. The van der Waals surface area contributed by atoms with E-state index in [0.717, 1.165) is 16.5 Å². The number of nitrogens with one attached hydrogen (secondary N) is 2. The van der Waals surface area contributed by atoms with Gasteiger partial charge < -0.3 is 9.88 Å². The third-order valence-corrected chi connectivity index (χ3v) is 5.16. The number of aromatic amines is 1. The molecular formula is C19H21N3O3. The van der Waals surface area contributed by atoms with Crippen LogP contribution in [0.5, 0.6) is 0 Å². The van der Waals surface area contributed by atoms with Gasteiger partial charge in [-0.05, 0) is 29.5 Å². The van der Waals surface area contributed by atoms with E-state index in [1.807, 2.05) is 6.07 Å². The third-order valence-electron chi connectivity index (χ3n) is 5.16. The van der Waals surface area contributed by atoms with Crippen molar-refractivity contribution in [1.82, 2.24) is 15.2 Å². The zero-order chi connectivity index (χ0) is 17.9. The van der Waals surface area contributed by atoms with E-state index < -0.39 is 6.04 Å². The molecule has 1 aromatic carbocycles. The van der Waals surface area contributed by atoms with Crippen LogP contribution < -0.4 is 5.32 Å².